The van der Waals surface area contributed by atoms with Crippen LogP contribution in [0.25, 0.3) is 16.9 Å². The minimum atomic E-state index is -3.12. The third kappa shape index (κ3) is 4.03. The number of nitrogen functional groups attached to an aromatic ring is 1. The van der Waals surface area contributed by atoms with Gasteiger partial charge < -0.3 is 15.8 Å². The topological polar surface area (TPSA) is 100.0 Å². The molecule has 1 fully saturated rings. The van der Waals surface area contributed by atoms with Crippen LogP contribution >= 0.6 is 12.4 Å². The lowest BCUT2D eigenvalue weighted by atomic mass is 10.0. The van der Waals surface area contributed by atoms with Gasteiger partial charge in [-0.3, -0.25) is 9.13 Å². The van der Waals surface area contributed by atoms with E-state index in [1.165, 1.54) is 10.9 Å². The highest BCUT2D eigenvalue weighted by atomic mass is 35.5. The van der Waals surface area contributed by atoms with Crippen molar-refractivity contribution in [3.8, 4) is 17.2 Å². The molecule has 3 N–H and O–H groups in total. The van der Waals surface area contributed by atoms with Gasteiger partial charge in [0.15, 0.2) is 11.5 Å². The van der Waals surface area contributed by atoms with Crippen molar-refractivity contribution in [1.29, 1.82) is 0 Å². The van der Waals surface area contributed by atoms with Crippen molar-refractivity contribution in [2.24, 2.45) is 0 Å². The molecule has 0 bridgehead atoms. The number of aromatic nitrogens is 4. The first-order chi connectivity index (χ1) is 15.5. The molecule has 1 aliphatic heterocycles. The molecule has 172 valence electrons. The van der Waals surface area contributed by atoms with Crippen molar-refractivity contribution in [1.82, 2.24) is 24.4 Å². The Morgan fingerprint density at radius 2 is 1.76 bits per heavy atom. The van der Waals surface area contributed by atoms with Crippen molar-refractivity contribution in [2.75, 3.05) is 18.8 Å². The van der Waals surface area contributed by atoms with Crippen LogP contribution in [-0.4, -0.2) is 38.1 Å². The standard InChI is InChI=1S/C22H20F2N6O2.ClH/c23-22(24)12-26-11-10-17(22)30-20-18(19(25)27-13-28-20)29(21(30)31)14-6-8-16(9-7-14)32-15-4-2-1-3-5-15;/h1-9,13,17,26H,10-12H2,(H2,25,27,28);1H/t17-;/m1./s1. The van der Waals surface area contributed by atoms with E-state index in [2.05, 4.69) is 15.3 Å². The van der Waals surface area contributed by atoms with E-state index in [1.54, 1.807) is 24.3 Å². The third-order valence-electron chi connectivity index (χ3n) is 5.51. The fraction of sp³-hybridized carbons (Fsp3) is 0.227. The van der Waals surface area contributed by atoms with Gasteiger partial charge in [-0.25, -0.2) is 23.5 Å². The third-order valence-corrected chi connectivity index (χ3v) is 5.51. The van der Waals surface area contributed by atoms with Crippen molar-refractivity contribution in [2.45, 2.75) is 18.4 Å². The number of alkyl halides is 2. The smallest absolute Gasteiger partial charge is 0.335 e. The molecule has 33 heavy (non-hydrogen) atoms. The Morgan fingerprint density at radius 1 is 1.06 bits per heavy atom. The quantitative estimate of drug-likeness (QED) is 0.469. The highest BCUT2D eigenvalue weighted by molar-refractivity contribution is 5.85. The van der Waals surface area contributed by atoms with Crippen molar-refractivity contribution < 1.29 is 13.5 Å². The molecular formula is C22H21ClF2N6O2. The highest BCUT2D eigenvalue weighted by Crippen LogP contribution is 2.35. The monoisotopic (exact) mass is 474 g/mol. The summed E-state index contributed by atoms with van der Waals surface area (Å²) >= 11 is 0. The summed E-state index contributed by atoms with van der Waals surface area (Å²) < 4.78 is 37.5. The first kappa shape index (κ1) is 22.7. The first-order valence-corrected chi connectivity index (χ1v) is 10.1. The van der Waals surface area contributed by atoms with Crippen LogP contribution in [0.3, 0.4) is 0 Å². The molecule has 0 aliphatic carbocycles. The normalized spacial score (nSPS) is 17.5. The van der Waals surface area contributed by atoms with Gasteiger partial charge in [-0.2, -0.15) is 0 Å². The zero-order valence-electron chi connectivity index (χ0n) is 17.3. The number of rotatable bonds is 4. The average Bonchev–Trinajstić information content (AvgIpc) is 3.08. The summed E-state index contributed by atoms with van der Waals surface area (Å²) in [4.78, 5) is 21.5. The number of nitrogens with two attached hydrogens (primary N) is 1. The molecule has 3 heterocycles. The second-order valence-electron chi connectivity index (χ2n) is 7.57. The van der Waals surface area contributed by atoms with Crippen LogP contribution in [0.15, 0.2) is 65.7 Å². The number of piperidine rings is 1. The SMILES string of the molecule is Cl.Nc1ncnc2c1n(-c1ccc(Oc3ccccc3)cc1)c(=O)n2[C@@H]1CCNCC1(F)F. The Kier molecular flexibility index (Phi) is 6.05. The molecule has 8 nitrogen and oxygen atoms in total. The summed E-state index contributed by atoms with van der Waals surface area (Å²) in [6.45, 7) is -0.145. The Hall–Kier alpha value is -3.50. The molecule has 5 rings (SSSR count). The zero-order valence-corrected chi connectivity index (χ0v) is 18.1. The molecule has 0 spiro atoms. The van der Waals surface area contributed by atoms with E-state index < -0.39 is 24.2 Å². The lowest BCUT2D eigenvalue weighted by molar-refractivity contribution is -0.0658. The molecule has 0 saturated carbocycles. The van der Waals surface area contributed by atoms with Gasteiger partial charge in [0.1, 0.15) is 29.4 Å². The number of fused-ring (bicyclic) bond motifs is 1. The minimum absolute atomic E-state index is 0. The molecule has 11 heteroatoms. The Bertz CT molecular complexity index is 1320. The minimum Gasteiger partial charge on any atom is -0.457 e. The molecule has 4 aromatic rings. The van der Waals surface area contributed by atoms with Crippen molar-refractivity contribution in [3.63, 3.8) is 0 Å². The maximum absolute atomic E-state index is 14.7. The second-order valence-corrected chi connectivity index (χ2v) is 7.57. The van der Waals surface area contributed by atoms with Crippen LogP contribution in [0.4, 0.5) is 14.6 Å². The number of halogens is 3. The summed E-state index contributed by atoms with van der Waals surface area (Å²) in [7, 11) is 0. The number of anilines is 1. The van der Waals surface area contributed by atoms with Gasteiger partial charge >= 0.3 is 5.69 Å². The molecule has 0 radical (unpaired) electrons. The van der Waals surface area contributed by atoms with Crippen LogP contribution in [0.1, 0.15) is 12.5 Å². The van der Waals surface area contributed by atoms with E-state index in [4.69, 9.17) is 10.5 Å². The molecule has 0 unspecified atom stereocenters. The summed E-state index contributed by atoms with van der Waals surface area (Å²) in [5, 5.41) is 2.67. The molecule has 2 aromatic heterocycles. The molecule has 1 saturated heterocycles. The van der Waals surface area contributed by atoms with Crippen molar-refractivity contribution in [3.05, 3.63) is 71.4 Å². The maximum Gasteiger partial charge on any atom is 0.335 e. The second kappa shape index (κ2) is 8.80. The molecule has 1 atom stereocenters. The van der Waals surface area contributed by atoms with E-state index in [1.807, 2.05) is 30.3 Å². The Labute approximate surface area is 193 Å². The molecule has 0 amide bonds. The summed E-state index contributed by atoms with van der Waals surface area (Å²) in [5.74, 6) is -1.85. The van der Waals surface area contributed by atoms with Gasteiger partial charge in [-0.1, -0.05) is 18.2 Å². The van der Waals surface area contributed by atoms with Gasteiger partial charge in [0.05, 0.1) is 12.2 Å². The molecule has 2 aromatic carbocycles. The van der Waals surface area contributed by atoms with Crippen LogP contribution in [0.5, 0.6) is 11.5 Å². The number of hydrogen-bond acceptors (Lipinski definition) is 6. The van der Waals surface area contributed by atoms with Crippen LogP contribution in [0, 0.1) is 0 Å². The van der Waals surface area contributed by atoms with Gasteiger partial charge in [0.25, 0.3) is 5.92 Å². The van der Waals surface area contributed by atoms with E-state index >= 15 is 0 Å². The average molecular weight is 475 g/mol. The van der Waals surface area contributed by atoms with Crippen LogP contribution in [-0.2, 0) is 0 Å². The number of imidazole rings is 1. The fourth-order valence-corrected chi connectivity index (χ4v) is 4.02. The van der Waals surface area contributed by atoms with E-state index in [9.17, 15) is 13.6 Å². The summed E-state index contributed by atoms with van der Waals surface area (Å²) in [6.07, 6.45) is 1.26. The number of nitrogens with zero attached hydrogens (tertiary/aromatic N) is 4. The number of nitrogens with one attached hydrogen (secondary N) is 1. The number of ether oxygens (including phenoxy) is 1. The van der Waals surface area contributed by atoms with E-state index in [0.29, 0.717) is 23.7 Å². The summed E-state index contributed by atoms with van der Waals surface area (Å²) in [5.41, 5.74) is 6.14. The number of benzene rings is 2. The van der Waals surface area contributed by atoms with E-state index in [-0.39, 0.29) is 35.8 Å². The van der Waals surface area contributed by atoms with Crippen LogP contribution < -0.4 is 21.5 Å². The van der Waals surface area contributed by atoms with E-state index in [0.717, 1.165) is 4.57 Å². The lowest BCUT2D eigenvalue weighted by Gasteiger charge is -2.32. The Morgan fingerprint density at radius 3 is 2.45 bits per heavy atom. The first-order valence-electron chi connectivity index (χ1n) is 10.1. The molecular weight excluding hydrogens is 454 g/mol. The summed E-state index contributed by atoms with van der Waals surface area (Å²) in [6, 6.07) is 14.6. The van der Waals surface area contributed by atoms with Gasteiger partial charge in [0, 0.05) is 0 Å². The largest absolute Gasteiger partial charge is 0.457 e. The zero-order chi connectivity index (χ0) is 22.3. The van der Waals surface area contributed by atoms with Crippen molar-refractivity contribution >= 4 is 29.4 Å². The highest BCUT2D eigenvalue weighted by Gasteiger charge is 2.45. The van der Waals surface area contributed by atoms with Crippen LogP contribution in [0.2, 0.25) is 0 Å². The number of para-hydroxylation sites is 1. The molecule has 1 aliphatic rings. The lowest BCUT2D eigenvalue weighted by Crippen LogP contribution is -2.49. The number of hydrogen-bond donors (Lipinski definition) is 2. The van der Waals surface area contributed by atoms with Gasteiger partial charge in [0.2, 0.25) is 0 Å². The van der Waals surface area contributed by atoms with Gasteiger partial charge in [-0.05, 0) is 49.4 Å². The van der Waals surface area contributed by atoms with Gasteiger partial charge in [-0.15, -0.1) is 12.4 Å². The predicted octanol–water partition coefficient (Wildman–Crippen LogP) is 3.55. The fourth-order valence-electron chi connectivity index (χ4n) is 4.02. The Balaban J connectivity index is 0.00000259. The predicted molar refractivity (Wildman–Crippen MR) is 123 cm³/mol. The maximum atomic E-state index is 14.7.